The predicted molar refractivity (Wildman–Crippen MR) is 210 cm³/mol. The van der Waals surface area contributed by atoms with E-state index >= 15 is 0 Å². The molecule has 8 heteroatoms. The molecule has 5 aliphatic rings. The zero-order valence-electron chi connectivity index (χ0n) is 35.5. The molecule has 8 nitrogen and oxygen atoms in total. The fourth-order valence-electron chi connectivity index (χ4n) is 10.3. The first-order valence-corrected chi connectivity index (χ1v) is 20.8. The van der Waals surface area contributed by atoms with Crippen molar-refractivity contribution in [2.24, 2.45) is 0 Å². The van der Waals surface area contributed by atoms with Crippen LogP contribution in [0.5, 0.6) is 0 Å². The molecule has 5 rings (SSSR count). The summed E-state index contributed by atoms with van der Waals surface area (Å²) in [6.45, 7) is 46.5. The number of likely N-dealkylation sites (tertiary alicyclic amines) is 4. The van der Waals surface area contributed by atoms with Gasteiger partial charge in [-0.05, 0) is 135 Å². The van der Waals surface area contributed by atoms with Crippen molar-refractivity contribution in [1.82, 2.24) is 29.4 Å². The van der Waals surface area contributed by atoms with Gasteiger partial charge in [0, 0.05) is 112 Å². The minimum atomic E-state index is -0.0944. The summed E-state index contributed by atoms with van der Waals surface area (Å²) in [7, 11) is 0. The largest absolute Gasteiger partial charge is 0.375 e. The Kier molecular flexibility index (Phi) is 12.3. The van der Waals surface area contributed by atoms with Crippen molar-refractivity contribution in [3.05, 3.63) is 0 Å². The highest BCUT2D eigenvalue weighted by Gasteiger charge is 2.53. The SMILES string of the molecule is CC(C)(C)OCCN1CCN(CCOC(C)(C)CCC(C)(C)N2C[C@H]3C[C@@H]2CN3C(C)(C)CCC(C)(C)N2C[C@@H]3C[C@H]2CN3C(C)(C)C)CC1. The number of piperazine rings is 3. The first-order valence-electron chi connectivity index (χ1n) is 20.8. The molecule has 5 saturated heterocycles. The molecule has 0 N–H and O–H groups in total. The Hall–Kier alpha value is -0.320. The van der Waals surface area contributed by atoms with Gasteiger partial charge in [-0.2, -0.15) is 0 Å². The molecule has 0 aromatic rings. The molecule has 0 aromatic carbocycles. The fourth-order valence-corrected chi connectivity index (χ4v) is 10.3. The van der Waals surface area contributed by atoms with Gasteiger partial charge in [0.05, 0.1) is 24.4 Å². The zero-order valence-corrected chi connectivity index (χ0v) is 35.5. The van der Waals surface area contributed by atoms with Crippen molar-refractivity contribution in [3.8, 4) is 0 Å². The van der Waals surface area contributed by atoms with Crippen molar-refractivity contribution < 1.29 is 9.47 Å². The lowest BCUT2D eigenvalue weighted by atomic mass is 9.85. The highest BCUT2D eigenvalue weighted by Crippen LogP contribution is 2.44. The lowest BCUT2D eigenvalue weighted by Gasteiger charge is -2.51. The summed E-state index contributed by atoms with van der Waals surface area (Å²) in [4.78, 5) is 16.6. The first kappa shape index (κ1) is 40.9. The molecule has 50 heavy (non-hydrogen) atoms. The Morgan fingerprint density at radius 3 is 1.12 bits per heavy atom. The van der Waals surface area contributed by atoms with Crippen LogP contribution in [0.4, 0.5) is 0 Å². The highest BCUT2D eigenvalue weighted by molar-refractivity contribution is 5.10. The smallest absolute Gasteiger partial charge is 0.0627 e. The number of fused-ring (bicyclic) bond motifs is 4. The van der Waals surface area contributed by atoms with E-state index in [9.17, 15) is 0 Å². The third-order valence-corrected chi connectivity index (χ3v) is 13.7. The van der Waals surface area contributed by atoms with Gasteiger partial charge in [0.25, 0.3) is 0 Å². The molecule has 292 valence electrons. The molecule has 0 aliphatic carbocycles. The quantitative estimate of drug-likeness (QED) is 0.183. The Morgan fingerprint density at radius 1 is 0.440 bits per heavy atom. The van der Waals surface area contributed by atoms with Gasteiger partial charge < -0.3 is 9.47 Å². The van der Waals surface area contributed by atoms with E-state index < -0.39 is 0 Å². The summed E-state index contributed by atoms with van der Waals surface area (Å²) in [5, 5.41) is 0. The van der Waals surface area contributed by atoms with Crippen LogP contribution >= 0.6 is 0 Å². The van der Waals surface area contributed by atoms with E-state index in [-0.39, 0.29) is 33.4 Å². The van der Waals surface area contributed by atoms with Crippen molar-refractivity contribution >= 4 is 0 Å². The molecule has 5 heterocycles. The first-order chi connectivity index (χ1) is 23.0. The van der Waals surface area contributed by atoms with Crippen LogP contribution in [-0.2, 0) is 9.47 Å². The van der Waals surface area contributed by atoms with Crippen LogP contribution in [0.3, 0.4) is 0 Å². The predicted octanol–water partition coefficient (Wildman–Crippen LogP) is 6.43. The van der Waals surface area contributed by atoms with E-state index in [2.05, 4.69) is 126 Å². The van der Waals surface area contributed by atoms with Gasteiger partial charge in [-0.3, -0.25) is 29.4 Å². The lowest BCUT2D eigenvalue weighted by molar-refractivity contribution is -0.0532. The third-order valence-electron chi connectivity index (χ3n) is 13.7. The summed E-state index contributed by atoms with van der Waals surface area (Å²) < 4.78 is 12.5. The van der Waals surface area contributed by atoms with Crippen LogP contribution in [0.2, 0.25) is 0 Å². The van der Waals surface area contributed by atoms with Crippen molar-refractivity contribution in [2.45, 2.75) is 193 Å². The molecule has 0 radical (unpaired) electrons. The number of ether oxygens (including phenoxy) is 2. The fraction of sp³-hybridized carbons (Fsp3) is 1.00. The number of hydrogen-bond acceptors (Lipinski definition) is 8. The Labute approximate surface area is 309 Å². The van der Waals surface area contributed by atoms with Crippen LogP contribution in [0, 0.1) is 0 Å². The van der Waals surface area contributed by atoms with Gasteiger partial charge in [-0.25, -0.2) is 0 Å². The van der Waals surface area contributed by atoms with Crippen LogP contribution in [-0.4, -0.2) is 166 Å². The third kappa shape index (κ3) is 10.0. The molecule has 5 fully saturated rings. The van der Waals surface area contributed by atoms with E-state index in [1.807, 2.05) is 0 Å². The van der Waals surface area contributed by atoms with E-state index in [1.54, 1.807) is 0 Å². The summed E-state index contributed by atoms with van der Waals surface area (Å²) in [6, 6.07) is 2.85. The summed E-state index contributed by atoms with van der Waals surface area (Å²) in [5.74, 6) is 0. The van der Waals surface area contributed by atoms with Crippen molar-refractivity contribution in [2.75, 3.05) is 78.7 Å². The molecule has 4 bridgehead atoms. The maximum Gasteiger partial charge on any atom is 0.0627 e. The standard InChI is InChI=1S/C42H82N6O2/c1-37(2,3)45-29-34-27-33(45)30-46(34)39(7,8)15-16-40(9,10)47-31-36-28-35(47)32-48(36)41(11,12)17-18-42(13,14)50-26-24-44-21-19-43(20-22-44)23-25-49-38(4,5)6/h33-36H,15-32H2,1-14H3/t33-,34-,35+,36+/m0/s1. The number of hydrogen-bond donors (Lipinski definition) is 0. The van der Waals surface area contributed by atoms with Crippen LogP contribution in [0.25, 0.3) is 0 Å². The summed E-state index contributed by atoms with van der Waals surface area (Å²) >= 11 is 0. The molecule has 0 saturated carbocycles. The van der Waals surface area contributed by atoms with E-state index in [1.165, 1.54) is 58.3 Å². The Morgan fingerprint density at radius 2 is 0.780 bits per heavy atom. The molecule has 4 atom stereocenters. The maximum absolute atomic E-state index is 6.56. The van der Waals surface area contributed by atoms with Gasteiger partial charge in [-0.15, -0.1) is 0 Å². The Bertz CT molecular complexity index is 1100. The van der Waals surface area contributed by atoms with Crippen molar-refractivity contribution in [3.63, 3.8) is 0 Å². The summed E-state index contributed by atoms with van der Waals surface area (Å²) in [5.41, 5.74) is 0.849. The van der Waals surface area contributed by atoms with Crippen LogP contribution in [0.15, 0.2) is 0 Å². The average Bonchev–Trinajstić information content (AvgIpc) is 3.81. The molecule has 5 aliphatic heterocycles. The van der Waals surface area contributed by atoms with Gasteiger partial charge in [0.15, 0.2) is 0 Å². The van der Waals surface area contributed by atoms with Gasteiger partial charge >= 0.3 is 0 Å². The van der Waals surface area contributed by atoms with Gasteiger partial charge in [0.2, 0.25) is 0 Å². The molecular formula is C42H82N6O2. The molecular weight excluding hydrogens is 621 g/mol. The second-order valence-electron chi connectivity index (χ2n) is 21.6. The molecule has 0 unspecified atom stereocenters. The average molecular weight is 703 g/mol. The van der Waals surface area contributed by atoms with Crippen LogP contribution < -0.4 is 0 Å². The van der Waals surface area contributed by atoms with Crippen LogP contribution in [0.1, 0.15) is 135 Å². The second-order valence-corrected chi connectivity index (χ2v) is 21.6. The lowest BCUT2D eigenvalue weighted by Crippen LogP contribution is -2.60. The second kappa shape index (κ2) is 15.1. The zero-order chi connectivity index (χ0) is 36.9. The molecule has 0 spiro atoms. The maximum atomic E-state index is 6.56. The minimum absolute atomic E-state index is 0.0473. The van der Waals surface area contributed by atoms with Gasteiger partial charge in [-0.1, -0.05) is 0 Å². The number of nitrogens with zero attached hydrogens (tertiary/aromatic N) is 6. The molecule has 0 aromatic heterocycles. The Balaban J connectivity index is 1.01. The summed E-state index contributed by atoms with van der Waals surface area (Å²) in [6.07, 6.45) is 7.54. The van der Waals surface area contributed by atoms with E-state index in [0.29, 0.717) is 12.1 Å². The van der Waals surface area contributed by atoms with E-state index in [0.717, 1.165) is 71.0 Å². The van der Waals surface area contributed by atoms with E-state index in [4.69, 9.17) is 9.47 Å². The molecule has 0 amide bonds. The number of rotatable bonds is 16. The minimum Gasteiger partial charge on any atom is -0.375 e. The van der Waals surface area contributed by atoms with Gasteiger partial charge in [0.1, 0.15) is 0 Å². The van der Waals surface area contributed by atoms with Crippen molar-refractivity contribution in [1.29, 1.82) is 0 Å². The monoisotopic (exact) mass is 703 g/mol. The topological polar surface area (TPSA) is 37.9 Å². The highest BCUT2D eigenvalue weighted by atomic mass is 16.5. The normalized spacial score (nSPS) is 28.9.